The molecular weight excluding hydrogens is 326 g/mol. The zero-order valence-corrected chi connectivity index (χ0v) is 15.6. The van der Waals surface area contributed by atoms with Crippen molar-refractivity contribution in [2.45, 2.75) is 51.9 Å². The lowest BCUT2D eigenvalue weighted by molar-refractivity contribution is -0.0349. The molecule has 1 N–H and O–H groups in total. The van der Waals surface area contributed by atoms with Gasteiger partial charge in [-0.2, -0.15) is 5.10 Å². The number of likely N-dealkylation sites (tertiary alicyclic amines) is 1. The van der Waals surface area contributed by atoms with E-state index in [1.807, 2.05) is 35.4 Å². The Hall–Kier alpha value is -2.18. The average molecular weight is 353 g/mol. The molecule has 3 aromatic rings. The molecule has 0 bridgehead atoms. The molecule has 3 aromatic heterocycles. The lowest BCUT2D eigenvalue weighted by Gasteiger charge is -2.38. The van der Waals surface area contributed by atoms with E-state index in [1.165, 1.54) is 11.3 Å². The molecule has 0 radical (unpaired) electrons. The predicted octanol–water partition coefficient (Wildman–Crippen LogP) is 2.59. The lowest BCUT2D eigenvalue weighted by atomic mass is 9.91. The Morgan fingerprint density at radius 1 is 1.23 bits per heavy atom. The Balaban J connectivity index is 1.40. The van der Waals surface area contributed by atoms with Gasteiger partial charge < -0.3 is 9.67 Å². The van der Waals surface area contributed by atoms with Crippen LogP contribution >= 0.6 is 0 Å². The molecule has 0 aromatic carbocycles. The fraction of sp³-hybridized carbons (Fsp3) is 0.500. The van der Waals surface area contributed by atoms with Crippen LogP contribution in [-0.2, 0) is 19.6 Å². The van der Waals surface area contributed by atoms with E-state index in [4.69, 9.17) is 0 Å². The molecule has 1 fully saturated rings. The van der Waals surface area contributed by atoms with Gasteiger partial charge in [0, 0.05) is 49.8 Å². The molecule has 6 heteroatoms. The first-order valence-corrected chi connectivity index (χ1v) is 9.44. The molecule has 138 valence electrons. The smallest absolute Gasteiger partial charge is 0.0880 e. The first-order valence-electron chi connectivity index (χ1n) is 9.44. The van der Waals surface area contributed by atoms with Crippen LogP contribution in [0.2, 0.25) is 0 Å². The quantitative estimate of drug-likeness (QED) is 0.766. The zero-order chi connectivity index (χ0) is 18.1. The third-order valence-corrected chi connectivity index (χ3v) is 5.69. The Morgan fingerprint density at radius 2 is 2.04 bits per heavy atom. The number of aromatic nitrogens is 4. The highest BCUT2D eigenvalue weighted by Crippen LogP contribution is 2.27. The van der Waals surface area contributed by atoms with E-state index in [0.717, 1.165) is 50.1 Å². The largest absolute Gasteiger partial charge is 0.388 e. The van der Waals surface area contributed by atoms with Crippen LogP contribution in [0.25, 0.3) is 11.0 Å². The molecule has 1 saturated heterocycles. The number of aryl methyl sites for hydroxylation is 1. The fourth-order valence-corrected chi connectivity index (χ4v) is 3.96. The van der Waals surface area contributed by atoms with Crippen LogP contribution in [0.1, 0.15) is 31.0 Å². The van der Waals surface area contributed by atoms with Gasteiger partial charge in [-0.3, -0.25) is 14.6 Å². The number of rotatable bonds is 5. The molecule has 0 atom stereocenters. The van der Waals surface area contributed by atoms with Crippen LogP contribution in [0.4, 0.5) is 0 Å². The number of hydrogen-bond acceptors (Lipinski definition) is 4. The standard InChI is InChI=1S/C20H27N5O/c1-3-25-16(2)17(13-22-25)14-23-11-7-20(26,8-12-23)15-24-10-6-18-19(24)5-4-9-21-18/h4-6,9-10,13,26H,3,7-8,11-12,14-15H2,1-2H3. The fourth-order valence-electron chi connectivity index (χ4n) is 3.96. The van der Waals surface area contributed by atoms with Crippen LogP contribution in [0.5, 0.6) is 0 Å². The molecule has 4 heterocycles. The SMILES string of the molecule is CCn1ncc(CN2CCC(O)(Cn3ccc4ncccc43)CC2)c1C. The van der Waals surface area contributed by atoms with Crippen molar-refractivity contribution in [2.24, 2.45) is 0 Å². The van der Waals surface area contributed by atoms with Gasteiger partial charge in [-0.05, 0) is 44.9 Å². The maximum atomic E-state index is 11.1. The van der Waals surface area contributed by atoms with E-state index in [1.54, 1.807) is 0 Å². The third-order valence-electron chi connectivity index (χ3n) is 5.69. The van der Waals surface area contributed by atoms with Gasteiger partial charge in [0.15, 0.2) is 0 Å². The normalized spacial score (nSPS) is 17.8. The molecule has 0 spiro atoms. The van der Waals surface area contributed by atoms with Gasteiger partial charge in [0.1, 0.15) is 0 Å². The van der Waals surface area contributed by atoms with E-state index in [0.29, 0.717) is 6.54 Å². The van der Waals surface area contributed by atoms with Crippen molar-refractivity contribution in [1.82, 2.24) is 24.2 Å². The number of aliphatic hydroxyl groups is 1. The average Bonchev–Trinajstić information content (AvgIpc) is 3.21. The summed E-state index contributed by atoms with van der Waals surface area (Å²) in [5.74, 6) is 0. The minimum Gasteiger partial charge on any atom is -0.388 e. The van der Waals surface area contributed by atoms with Crippen molar-refractivity contribution in [1.29, 1.82) is 0 Å². The molecule has 1 aliphatic heterocycles. The predicted molar refractivity (Wildman–Crippen MR) is 102 cm³/mol. The van der Waals surface area contributed by atoms with Gasteiger partial charge in [0.05, 0.1) is 29.4 Å². The van der Waals surface area contributed by atoms with E-state index in [-0.39, 0.29) is 0 Å². The number of hydrogen-bond donors (Lipinski definition) is 1. The summed E-state index contributed by atoms with van der Waals surface area (Å²) >= 11 is 0. The second-order valence-corrected chi connectivity index (χ2v) is 7.42. The molecule has 0 aliphatic carbocycles. The topological polar surface area (TPSA) is 59.1 Å². The van der Waals surface area contributed by atoms with Crippen LogP contribution < -0.4 is 0 Å². The van der Waals surface area contributed by atoms with Gasteiger partial charge in [-0.15, -0.1) is 0 Å². The number of piperidine rings is 1. The molecule has 4 rings (SSSR count). The van der Waals surface area contributed by atoms with Crippen molar-refractivity contribution >= 4 is 11.0 Å². The van der Waals surface area contributed by atoms with Gasteiger partial charge in [0.25, 0.3) is 0 Å². The minimum absolute atomic E-state index is 0.628. The summed E-state index contributed by atoms with van der Waals surface area (Å²) in [6.07, 6.45) is 7.40. The van der Waals surface area contributed by atoms with Crippen molar-refractivity contribution in [3.05, 3.63) is 48.0 Å². The molecule has 0 saturated carbocycles. The number of nitrogens with zero attached hydrogens (tertiary/aromatic N) is 5. The molecule has 6 nitrogen and oxygen atoms in total. The first kappa shape index (κ1) is 17.2. The Morgan fingerprint density at radius 3 is 2.77 bits per heavy atom. The van der Waals surface area contributed by atoms with Crippen LogP contribution in [0, 0.1) is 6.92 Å². The van der Waals surface area contributed by atoms with Gasteiger partial charge in [-0.25, -0.2) is 0 Å². The summed E-state index contributed by atoms with van der Waals surface area (Å²) in [6, 6.07) is 6.03. The lowest BCUT2D eigenvalue weighted by Crippen LogP contribution is -2.46. The summed E-state index contributed by atoms with van der Waals surface area (Å²) in [6.45, 7) is 8.52. The first-order chi connectivity index (χ1) is 12.6. The third kappa shape index (κ3) is 3.27. The molecular formula is C20H27N5O. The van der Waals surface area contributed by atoms with Crippen molar-refractivity contribution in [3.8, 4) is 0 Å². The second kappa shape index (κ2) is 6.85. The highest BCUT2D eigenvalue weighted by Gasteiger charge is 2.33. The van der Waals surface area contributed by atoms with Gasteiger partial charge in [0.2, 0.25) is 0 Å². The monoisotopic (exact) mass is 353 g/mol. The Labute approximate surface area is 154 Å². The van der Waals surface area contributed by atoms with Crippen LogP contribution in [0.15, 0.2) is 36.8 Å². The minimum atomic E-state index is -0.652. The van der Waals surface area contributed by atoms with Gasteiger partial charge >= 0.3 is 0 Å². The second-order valence-electron chi connectivity index (χ2n) is 7.42. The summed E-state index contributed by atoms with van der Waals surface area (Å²) in [7, 11) is 0. The van der Waals surface area contributed by atoms with E-state index < -0.39 is 5.60 Å². The molecule has 0 amide bonds. The maximum Gasteiger partial charge on any atom is 0.0880 e. The Bertz CT molecular complexity index is 889. The van der Waals surface area contributed by atoms with Crippen molar-refractivity contribution in [3.63, 3.8) is 0 Å². The Kier molecular flexibility index (Phi) is 4.54. The summed E-state index contributed by atoms with van der Waals surface area (Å²) in [5, 5.41) is 15.5. The summed E-state index contributed by atoms with van der Waals surface area (Å²) in [4.78, 5) is 6.80. The van der Waals surface area contributed by atoms with Crippen molar-refractivity contribution in [2.75, 3.05) is 13.1 Å². The zero-order valence-electron chi connectivity index (χ0n) is 15.6. The van der Waals surface area contributed by atoms with E-state index in [9.17, 15) is 5.11 Å². The summed E-state index contributed by atoms with van der Waals surface area (Å²) in [5.41, 5.74) is 3.96. The molecule has 1 aliphatic rings. The van der Waals surface area contributed by atoms with Gasteiger partial charge in [-0.1, -0.05) is 0 Å². The molecule has 0 unspecified atom stereocenters. The molecule has 26 heavy (non-hydrogen) atoms. The van der Waals surface area contributed by atoms with Crippen molar-refractivity contribution < 1.29 is 5.11 Å². The van der Waals surface area contributed by atoms with Crippen LogP contribution in [-0.4, -0.2) is 48.0 Å². The summed E-state index contributed by atoms with van der Waals surface area (Å²) < 4.78 is 4.17. The van der Waals surface area contributed by atoms with E-state index >= 15 is 0 Å². The van der Waals surface area contributed by atoms with E-state index in [2.05, 4.69) is 39.5 Å². The number of fused-ring (bicyclic) bond motifs is 1. The highest BCUT2D eigenvalue weighted by molar-refractivity contribution is 5.75. The maximum absolute atomic E-state index is 11.1. The van der Waals surface area contributed by atoms with Crippen LogP contribution in [0.3, 0.4) is 0 Å². The number of pyridine rings is 1. The highest BCUT2D eigenvalue weighted by atomic mass is 16.3.